The van der Waals surface area contributed by atoms with Crippen molar-refractivity contribution in [3.63, 3.8) is 0 Å². The van der Waals surface area contributed by atoms with Crippen molar-refractivity contribution in [1.82, 2.24) is 5.32 Å². The highest BCUT2D eigenvalue weighted by Crippen LogP contribution is 2.26. The van der Waals surface area contributed by atoms with E-state index in [1.165, 1.54) is 12.8 Å². The van der Waals surface area contributed by atoms with Gasteiger partial charge in [0.2, 0.25) is 0 Å². The monoisotopic (exact) mass is 275 g/mol. The highest BCUT2D eigenvalue weighted by molar-refractivity contribution is 7.92. The summed E-state index contributed by atoms with van der Waals surface area (Å²) in [6.45, 7) is 6.71. The van der Waals surface area contributed by atoms with Gasteiger partial charge in [0, 0.05) is 12.6 Å². The van der Waals surface area contributed by atoms with Gasteiger partial charge in [-0.1, -0.05) is 26.2 Å². The summed E-state index contributed by atoms with van der Waals surface area (Å²) in [5, 5.41) is 3.08. The predicted molar refractivity (Wildman–Crippen MR) is 77.6 cm³/mol. The largest absolute Gasteiger partial charge is 0.313 e. The van der Waals surface area contributed by atoms with Crippen molar-refractivity contribution < 1.29 is 8.42 Å². The quantitative estimate of drug-likeness (QED) is 0.741. The molecule has 1 fully saturated rings. The Balaban J connectivity index is 2.36. The summed E-state index contributed by atoms with van der Waals surface area (Å²) in [7, 11) is -2.92. The van der Waals surface area contributed by atoms with Gasteiger partial charge in [0.15, 0.2) is 9.84 Å². The zero-order valence-electron chi connectivity index (χ0n) is 12.1. The highest BCUT2D eigenvalue weighted by Gasteiger charge is 2.27. The van der Waals surface area contributed by atoms with Gasteiger partial charge in [0.25, 0.3) is 0 Å². The van der Waals surface area contributed by atoms with E-state index in [9.17, 15) is 8.42 Å². The third-order valence-electron chi connectivity index (χ3n) is 4.03. The number of sulfone groups is 1. The van der Waals surface area contributed by atoms with E-state index in [2.05, 4.69) is 19.2 Å². The van der Waals surface area contributed by atoms with Crippen LogP contribution in [0.5, 0.6) is 0 Å². The van der Waals surface area contributed by atoms with Gasteiger partial charge < -0.3 is 5.32 Å². The van der Waals surface area contributed by atoms with Crippen LogP contribution < -0.4 is 5.32 Å². The molecule has 1 aliphatic carbocycles. The molecule has 1 saturated carbocycles. The Morgan fingerprint density at radius 2 is 1.83 bits per heavy atom. The summed E-state index contributed by atoms with van der Waals surface area (Å²) in [6, 6.07) is 0.416. The van der Waals surface area contributed by atoms with Gasteiger partial charge in [-0.25, -0.2) is 8.42 Å². The van der Waals surface area contributed by atoms with E-state index in [1.54, 1.807) is 0 Å². The summed E-state index contributed by atoms with van der Waals surface area (Å²) in [5.41, 5.74) is 0. The molecule has 0 spiro atoms. The van der Waals surface area contributed by atoms with E-state index in [1.807, 2.05) is 6.92 Å². The molecule has 0 aromatic carbocycles. The van der Waals surface area contributed by atoms with Crippen LogP contribution in [0.15, 0.2) is 0 Å². The molecule has 1 N–H and O–H groups in total. The first-order valence-electron chi connectivity index (χ1n) is 7.40. The summed E-state index contributed by atoms with van der Waals surface area (Å²) < 4.78 is 24.4. The number of hydrogen-bond donors (Lipinski definition) is 1. The van der Waals surface area contributed by atoms with Gasteiger partial charge in [0.1, 0.15) is 0 Å². The maximum absolute atomic E-state index is 12.2. The third kappa shape index (κ3) is 5.27. The Hall–Kier alpha value is -0.0900. The summed E-state index contributed by atoms with van der Waals surface area (Å²) in [4.78, 5) is 0. The Labute approximate surface area is 113 Å². The van der Waals surface area contributed by atoms with Crippen molar-refractivity contribution in [3.05, 3.63) is 0 Å². The molecule has 1 aliphatic rings. The van der Waals surface area contributed by atoms with E-state index in [0.29, 0.717) is 24.3 Å². The van der Waals surface area contributed by atoms with Crippen LogP contribution in [0.1, 0.15) is 59.3 Å². The first-order chi connectivity index (χ1) is 8.45. The zero-order valence-corrected chi connectivity index (χ0v) is 12.9. The van der Waals surface area contributed by atoms with Crippen molar-refractivity contribution in [3.8, 4) is 0 Å². The fraction of sp³-hybridized carbons (Fsp3) is 1.00. The average Bonchev–Trinajstić information content (AvgIpc) is 2.78. The second-order valence-corrected chi connectivity index (χ2v) is 8.35. The molecule has 2 unspecified atom stereocenters. The third-order valence-corrected chi connectivity index (χ3v) is 6.36. The normalized spacial score (nSPS) is 21.1. The summed E-state index contributed by atoms with van der Waals surface area (Å²) >= 11 is 0. The zero-order chi connectivity index (χ0) is 13.6. The topological polar surface area (TPSA) is 46.2 Å². The van der Waals surface area contributed by atoms with Gasteiger partial charge in [-0.3, -0.25) is 0 Å². The lowest BCUT2D eigenvalue weighted by Gasteiger charge is -2.19. The molecule has 0 aliphatic heterocycles. The van der Waals surface area contributed by atoms with E-state index in [-0.39, 0.29) is 5.25 Å². The maximum Gasteiger partial charge on any atom is 0.154 e. The van der Waals surface area contributed by atoms with Crippen molar-refractivity contribution in [2.45, 2.75) is 70.6 Å². The van der Waals surface area contributed by atoms with E-state index < -0.39 is 9.84 Å². The van der Waals surface area contributed by atoms with Crippen LogP contribution in [0.2, 0.25) is 0 Å². The Kier molecular flexibility index (Phi) is 6.64. The minimum Gasteiger partial charge on any atom is -0.313 e. The number of rotatable bonds is 8. The molecule has 4 heteroatoms. The SMILES string of the molecule is CCCC(C)NCC(C)S(=O)(=O)CC1CCCC1. The minimum atomic E-state index is -2.92. The van der Waals surface area contributed by atoms with Crippen molar-refractivity contribution in [2.24, 2.45) is 5.92 Å². The molecule has 1 rings (SSSR count). The smallest absolute Gasteiger partial charge is 0.154 e. The molecule has 0 radical (unpaired) electrons. The van der Waals surface area contributed by atoms with Gasteiger partial charge in [0.05, 0.1) is 11.0 Å². The number of nitrogens with one attached hydrogen (secondary N) is 1. The van der Waals surface area contributed by atoms with Crippen LogP contribution in [-0.4, -0.2) is 32.0 Å². The fourth-order valence-corrected chi connectivity index (χ4v) is 4.37. The Morgan fingerprint density at radius 1 is 1.22 bits per heavy atom. The molecule has 0 bridgehead atoms. The molecule has 2 atom stereocenters. The van der Waals surface area contributed by atoms with E-state index >= 15 is 0 Å². The molecular formula is C14H29NO2S. The lowest BCUT2D eigenvalue weighted by atomic mass is 10.1. The van der Waals surface area contributed by atoms with E-state index in [4.69, 9.17) is 0 Å². The molecule has 0 heterocycles. The van der Waals surface area contributed by atoms with Crippen molar-refractivity contribution >= 4 is 9.84 Å². The standard InChI is InChI=1S/C14H29NO2S/c1-4-7-12(2)15-10-13(3)18(16,17)11-14-8-5-6-9-14/h12-15H,4-11H2,1-3H3. The Morgan fingerprint density at radius 3 is 2.39 bits per heavy atom. The summed E-state index contributed by atoms with van der Waals surface area (Å²) in [6.07, 6.45) is 6.87. The molecular weight excluding hydrogens is 246 g/mol. The van der Waals surface area contributed by atoms with Crippen LogP contribution in [0, 0.1) is 5.92 Å². The van der Waals surface area contributed by atoms with Gasteiger partial charge >= 0.3 is 0 Å². The number of hydrogen-bond acceptors (Lipinski definition) is 3. The fourth-order valence-electron chi connectivity index (χ4n) is 2.70. The van der Waals surface area contributed by atoms with Crippen LogP contribution in [0.3, 0.4) is 0 Å². The first-order valence-corrected chi connectivity index (χ1v) is 9.12. The van der Waals surface area contributed by atoms with Crippen molar-refractivity contribution in [1.29, 1.82) is 0 Å². The predicted octanol–water partition coefficient (Wildman–Crippen LogP) is 2.76. The first kappa shape index (κ1) is 16.0. The second-order valence-electron chi connectivity index (χ2n) is 5.89. The van der Waals surface area contributed by atoms with Gasteiger partial charge in [-0.2, -0.15) is 0 Å². The minimum absolute atomic E-state index is 0.252. The van der Waals surface area contributed by atoms with Crippen LogP contribution in [0.25, 0.3) is 0 Å². The van der Waals surface area contributed by atoms with Crippen molar-refractivity contribution in [2.75, 3.05) is 12.3 Å². The summed E-state index contributed by atoms with van der Waals surface area (Å²) in [5.74, 6) is 0.823. The van der Waals surface area contributed by atoms with Gasteiger partial charge in [-0.05, 0) is 39.0 Å². The molecule has 18 heavy (non-hydrogen) atoms. The molecule has 0 aromatic rings. The lowest BCUT2D eigenvalue weighted by molar-refractivity contribution is 0.496. The van der Waals surface area contributed by atoms with Crippen LogP contribution >= 0.6 is 0 Å². The molecule has 0 amide bonds. The lowest BCUT2D eigenvalue weighted by Crippen LogP contribution is -2.38. The Bertz CT molecular complexity index is 321. The maximum atomic E-state index is 12.2. The molecule has 3 nitrogen and oxygen atoms in total. The average molecular weight is 275 g/mol. The molecule has 108 valence electrons. The molecule has 0 saturated heterocycles. The molecule has 0 aromatic heterocycles. The van der Waals surface area contributed by atoms with Gasteiger partial charge in [-0.15, -0.1) is 0 Å². The highest BCUT2D eigenvalue weighted by atomic mass is 32.2. The second kappa shape index (κ2) is 7.49. The van der Waals surface area contributed by atoms with Crippen LogP contribution in [0.4, 0.5) is 0 Å². The van der Waals surface area contributed by atoms with E-state index in [0.717, 1.165) is 25.7 Å². The van der Waals surface area contributed by atoms with Crippen LogP contribution in [-0.2, 0) is 9.84 Å².